The number of likely N-dealkylation sites (tertiary alicyclic amines) is 1. The van der Waals surface area contributed by atoms with Gasteiger partial charge in [0.25, 0.3) is 0 Å². The number of ether oxygens (including phenoxy) is 2. The van der Waals surface area contributed by atoms with E-state index in [-0.39, 0.29) is 17.5 Å². The molecule has 24 heavy (non-hydrogen) atoms. The molecule has 6 nitrogen and oxygen atoms in total. The summed E-state index contributed by atoms with van der Waals surface area (Å²) < 4.78 is 10.2. The van der Waals surface area contributed by atoms with Crippen molar-refractivity contribution in [2.45, 2.75) is 57.5 Å². The van der Waals surface area contributed by atoms with Gasteiger partial charge in [-0.1, -0.05) is 0 Å². The highest BCUT2D eigenvalue weighted by molar-refractivity contribution is 7.09. The monoisotopic (exact) mass is 354 g/mol. The van der Waals surface area contributed by atoms with E-state index in [1.807, 2.05) is 26.2 Å². The van der Waals surface area contributed by atoms with Crippen LogP contribution in [-0.2, 0) is 19.7 Å². The van der Waals surface area contributed by atoms with Crippen LogP contribution in [0, 0.1) is 0 Å². The fourth-order valence-corrected chi connectivity index (χ4v) is 3.89. The molecule has 2 rings (SSSR count). The molecule has 134 valence electrons. The summed E-state index contributed by atoms with van der Waals surface area (Å²) in [7, 11) is 1.40. The third-order valence-electron chi connectivity index (χ3n) is 4.16. The van der Waals surface area contributed by atoms with Crippen molar-refractivity contribution in [2.75, 3.05) is 20.2 Å². The second kappa shape index (κ2) is 7.51. The van der Waals surface area contributed by atoms with E-state index in [0.29, 0.717) is 25.9 Å². The van der Waals surface area contributed by atoms with Crippen LogP contribution in [0.2, 0.25) is 0 Å². The highest BCUT2D eigenvalue weighted by Crippen LogP contribution is 2.40. The number of thiazole rings is 1. The smallest absolute Gasteiger partial charge is 0.410 e. The van der Waals surface area contributed by atoms with Gasteiger partial charge in [0.15, 0.2) is 0 Å². The van der Waals surface area contributed by atoms with Crippen molar-refractivity contribution in [1.82, 2.24) is 9.88 Å². The fraction of sp³-hybridized carbons (Fsp3) is 0.706. The van der Waals surface area contributed by atoms with Gasteiger partial charge in [0.1, 0.15) is 10.6 Å². The molecule has 2 heterocycles. The lowest BCUT2D eigenvalue weighted by Gasteiger charge is -2.28. The summed E-state index contributed by atoms with van der Waals surface area (Å²) in [6, 6.07) is 0. The van der Waals surface area contributed by atoms with Gasteiger partial charge in [0.2, 0.25) is 0 Å². The van der Waals surface area contributed by atoms with Crippen molar-refractivity contribution in [3.8, 4) is 0 Å². The van der Waals surface area contributed by atoms with Crippen LogP contribution in [0.15, 0.2) is 11.6 Å². The minimum atomic E-state index is -0.506. The summed E-state index contributed by atoms with van der Waals surface area (Å²) in [4.78, 5) is 30.0. The number of hydrogen-bond acceptors (Lipinski definition) is 6. The fourth-order valence-electron chi connectivity index (χ4n) is 3.00. The van der Waals surface area contributed by atoms with E-state index in [0.717, 1.165) is 17.8 Å². The molecule has 1 aromatic rings. The molecule has 1 saturated heterocycles. The molecule has 1 atom stereocenters. The lowest BCUT2D eigenvalue weighted by atomic mass is 9.82. The summed E-state index contributed by atoms with van der Waals surface area (Å²) in [6.07, 6.45) is 4.24. The predicted octanol–water partition coefficient (Wildman–Crippen LogP) is 3.37. The maximum atomic E-state index is 12.4. The van der Waals surface area contributed by atoms with Crippen LogP contribution in [0.25, 0.3) is 0 Å². The minimum Gasteiger partial charge on any atom is -0.469 e. The maximum Gasteiger partial charge on any atom is 0.410 e. The van der Waals surface area contributed by atoms with Gasteiger partial charge in [-0.3, -0.25) is 4.79 Å². The van der Waals surface area contributed by atoms with Gasteiger partial charge in [-0.25, -0.2) is 9.78 Å². The molecule has 0 saturated carbocycles. The number of aromatic nitrogens is 1. The number of hydrogen-bond donors (Lipinski definition) is 0. The number of carbonyl (C=O) groups excluding carboxylic acids is 2. The normalized spacial score (nSPS) is 20.9. The average molecular weight is 354 g/mol. The Hall–Kier alpha value is -1.63. The Labute approximate surface area is 147 Å². The van der Waals surface area contributed by atoms with E-state index < -0.39 is 5.60 Å². The minimum absolute atomic E-state index is 0.195. The van der Waals surface area contributed by atoms with Gasteiger partial charge >= 0.3 is 12.1 Å². The van der Waals surface area contributed by atoms with Gasteiger partial charge in [0.05, 0.1) is 7.11 Å². The van der Waals surface area contributed by atoms with E-state index in [1.165, 1.54) is 7.11 Å². The Kier molecular flexibility index (Phi) is 5.85. The standard InChI is InChI=1S/C17H26N2O4S/c1-16(2,3)23-15(21)19-10-8-17(12-19,14-18-9-11-24-14)7-5-6-13(20)22-4/h9,11H,5-8,10,12H2,1-4H3. The van der Waals surface area contributed by atoms with Crippen molar-refractivity contribution >= 4 is 23.4 Å². The van der Waals surface area contributed by atoms with Gasteiger partial charge in [0, 0.05) is 36.5 Å². The molecule has 1 fully saturated rings. The zero-order valence-corrected chi connectivity index (χ0v) is 15.6. The molecule has 0 N–H and O–H groups in total. The molecule has 0 aliphatic carbocycles. The van der Waals surface area contributed by atoms with Crippen molar-refractivity contribution in [2.24, 2.45) is 0 Å². The molecular weight excluding hydrogens is 328 g/mol. The highest BCUT2D eigenvalue weighted by atomic mass is 32.1. The van der Waals surface area contributed by atoms with Crippen molar-refractivity contribution in [1.29, 1.82) is 0 Å². The summed E-state index contributed by atoms with van der Waals surface area (Å²) in [5.41, 5.74) is -0.701. The second-order valence-corrected chi connectivity index (χ2v) is 8.09. The van der Waals surface area contributed by atoms with Gasteiger partial charge < -0.3 is 14.4 Å². The molecule has 1 unspecified atom stereocenters. The van der Waals surface area contributed by atoms with E-state index >= 15 is 0 Å². The highest BCUT2D eigenvalue weighted by Gasteiger charge is 2.43. The molecule has 1 aromatic heterocycles. The van der Waals surface area contributed by atoms with Crippen LogP contribution in [0.3, 0.4) is 0 Å². The number of rotatable bonds is 5. The molecule has 0 radical (unpaired) electrons. The summed E-state index contributed by atoms with van der Waals surface area (Å²) >= 11 is 1.60. The third kappa shape index (κ3) is 4.69. The lowest BCUT2D eigenvalue weighted by Crippen LogP contribution is -2.38. The second-order valence-electron chi connectivity index (χ2n) is 7.20. The quantitative estimate of drug-likeness (QED) is 0.758. The van der Waals surface area contributed by atoms with E-state index in [2.05, 4.69) is 4.98 Å². The Morgan fingerprint density at radius 2 is 2.17 bits per heavy atom. The number of nitrogens with zero attached hydrogens (tertiary/aromatic N) is 2. The molecule has 7 heteroatoms. The van der Waals surface area contributed by atoms with E-state index in [1.54, 1.807) is 22.4 Å². The topological polar surface area (TPSA) is 68.7 Å². The average Bonchev–Trinajstić information content (AvgIpc) is 3.15. The van der Waals surface area contributed by atoms with Crippen LogP contribution in [0.1, 0.15) is 51.5 Å². The van der Waals surface area contributed by atoms with E-state index in [9.17, 15) is 9.59 Å². The molecule has 1 amide bonds. The largest absolute Gasteiger partial charge is 0.469 e. The van der Waals surface area contributed by atoms with Crippen LogP contribution < -0.4 is 0 Å². The molecule has 1 aliphatic rings. The molecule has 0 bridgehead atoms. The predicted molar refractivity (Wildman–Crippen MR) is 92.1 cm³/mol. The SMILES string of the molecule is COC(=O)CCCC1(c2nccs2)CCN(C(=O)OC(C)(C)C)C1. The Morgan fingerprint density at radius 1 is 1.42 bits per heavy atom. The summed E-state index contributed by atoms with van der Waals surface area (Å²) in [6.45, 7) is 6.82. The first-order valence-corrected chi connectivity index (χ1v) is 9.08. The van der Waals surface area contributed by atoms with E-state index in [4.69, 9.17) is 9.47 Å². The molecule has 0 spiro atoms. The molecular formula is C17H26N2O4S. The zero-order valence-electron chi connectivity index (χ0n) is 14.8. The van der Waals surface area contributed by atoms with Crippen LogP contribution in [0.5, 0.6) is 0 Å². The van der Waals surface area contributed by atoms with Crippen LogP contribution in [0.4, 0.5) is 4.79 Å². The summed E-state index contributed by atoms with van der Waals surface area (Å²) in [5, 5.41) is 2.98. The Bertz CT molecular complexity index is 568. The first kappa shape index (κ1) is 18.7. The number of carbonyl (C=O) groups is 2. The van der Waals surface area contributed by atoms with Crippen LogP contribution >= 0.6 is 11.3 Å². The number of methoxy groups -OCH3 is 1. The first-order chi connectivity index (χ1) is 11.3. The van der Waals surface area contributed by atoms with Crippen molar-refractivity contribution in [3.05, 3.63) is 16.6 Å². The number of amides is 1. The Morgan fingerprint density at radius 3 is 2.75 bits per heavy atom. The zero-order chi connectivity index (χ0) is 17.8. The van der Waals surface area contributed by atoms with Gasteiger partial charge in [-0.2, -0.15) is 0 Å². The molecule has 1 aliphatic heterocycles. The maximum absolute atomic E-state index is 12.4. The lowest BCUT2D eigenvalue weighted by molar-refractivity contribution is -0.140. The van der Waals surface area contributed by atoms with Gasteiger partial charge in [-0.05, 0) is 40.0 Å². The van der Waals surface area contributed by atoms with Crippen molar-refractivity contribution < 1.29 is 19.1 Å². The summed E-state index contributed by atoms with van der Waals surface area (Å²) in [5.74, 6) is -0.203. The first-order valence-electron chi connectivity index (χ1n) is 8.20. The van der Waals surface area contributed by atoms with Crippen molar-refractivity contribution in [3.63, 3.8) is 0 Å². The van der Waals surface area contributed by atoms with Gasteiger partial charge in [-0.15, -0.1) is 11.3 Å². The van der Waals surface area contributed by atoms with Crippen LogP contribution in [-0.4, -0.2) is 47.7 Å². The third-order valence-corrected chi connectivity index (χ3v) is 5.17. The number of esters is 1. The molecule has 0 aromatic carbocycles. The Balaban J connectivity index is 2.06.